The molecule has 2 N–H and O–H groups in total. The van der Waals surface area contributed by atoms with Gasteiger partial charge in [0.05, 0.1) is 11.5 Å². The van der Waals surface area contributed by atoms with Crippen molar-refractivity contribution in [3.63, 3.8) is 0 Å². The topological polar surface area (TPSA) is 66.4 Å². The molecule has 1 atom stereocenters. The lowest BCUT2D eigenvalue weighted by molar-refractivity contribution is 0.282. The summed E-state index contributed by atoms with van der Waals surface area (Å²) < 4.78 is 26.8. The van der Waals surface area contributed by atoms with Crippen LogP contribution in [0.2, 0.25) is 5.02 Å². The van der Waals surface area contributed by atoms with Gasteiger partial charge < -0.3 is 5.11 Å². The van der Waals surface area contributed by atoms with E-state index < -0.39 is 10.0 Å². The summed E-state index contributed by atoms with van der Waals surface area (Å²) in [6, 6.07) is 4.37. The highest BCUT2D eigenvalue weighted by Gasteiger charge is 2.20. The largest absolute Gasteiger partial charge is 0.392 e. The van der Waals surface area contributed by atoms with Crippen LogP contribution in [0.15, 0.2) is 23.1 Å². The Balaban J connectivity index is 2.08. The summed E-state index contributed by atoms with van der Waals surface area (Å²) >= 11 is 7.76. The van der Waals surface area contributed by atoms with Crippen molar-refractivity contribution in [2.45, 2.75) is 17.9 Å². The maximum atomic E-state index is 12.1. The first-order valence-corrected chi connectivity index (χ1v) is 9.01. The third kappa shape index (κ3) is 3.86. The first kappa shape index (κ1) is 15.1. The van der Waals surface area contributed by atoms with Crippen molar-refractivity contribution >= 4 is 33.4 Å². The second-order valence-electron chi connectivity index (χ2n) is 4.49. The van der Waals surface area contributed by atoms with E-state index in [2.05, 4.69) is 4.72 Å². The van der Waals surface area contributed by atoms with E-state index in [0.717, 1.165) is 17.9 Å². The molecule has 1 saturated heterocycles. The predicted molar refractivity (Wildman–Crippen MR) is 78.0 cm³/mol. The highest BCUT2D eigenvalue weighted by molar-refractivity contribution is 7.99. The summed E-state index contributed by atoms with van der Waals surface area (Å²) in [6.45, 7) is 0.264. The fourth-order valence-corrected chi connectivity index (χ4v) is 4.61. The molecule has 1 aliphatic heterocycles. The minimum absolute atomic E-state index is 0.139. The molecule has 1 aromatic rings. The number of thioether (sulfide) groups is 1. The molecule has 0 bridgehead atoms. The van der Waals surface area contributed by atoms with Gasteiger partial charge in [0.25, 0.3) is 0 Å². The molecule has 0 saturated carbocycles. The Labute approximate surface area is 122 Å². The summed E-state index contributed by atoms with van der Waals surface area (Å²) in [5.41, 5.74) is 0.521. The van der Waals surface area contributed by atoms with Crippen LogP contribution in [0.4, 0.5) is 0 Å². The molecule has 7 heteroatoms. The first-order chi connectivity index (χ1) is 9.03. The average molecular weight is 322 g/mol. The summed E-state index contributed by atoms with van der Waals surface area (Å²) in [5.74, 6) is 2.52. The van der Waals surface area contributed by atoms with Gasteiger partial charge in [0, 0.05) is 11.6 Å². The molecule has 106 valence electrons. The third-order valence-electron chi connectivity index (χ3n) is 3.09. The standard InChI is InChI=1S/C12H16ClNO3S2/c13-12-5-11(2-1-10(12)7-15)19(16,17)14-6-9-3-4-18-8-9/h1-2,5,9,14-15H,3-4,6-8H2. The molecule has 0 spiro atoms. The van der Waals surface area contributed by atoms with Crippen LogP contribution in [-0.4, -0.2) is 31.6 Å². The molecular formula is C12H16ClNO3S2. The van der Waals surface area contributed by atoms with Crippen molar-refractivity contribution in [3.8, 4) is 0 Å². The van der Waals surface area contributed by atoms with Crippen molar-refractivity contribution < 1.29 is 13.5 Å². The van der Waals surface area contributed by atoms with E-state index in [1.165, 1.54) is 18.2 Å². The number of hydrogen-bond acceptors (Lipinski definition) is 4. The van der Waals surface area contributed by atoms with Gasteiger partial charge in [-0.2, -0.15) is 11.8 Å². The van der Waals surface area contributed by atoms with Gasteiger partial charge in [-0.3, -0.25) is 0 Å². The van der Waals surface area contributed by atoms with Crippen LogP contribution in [0.5, 0.6) is 0 Å². The van der Waals surface area contributed by atoms with Gasteiger partial charge in [-0.25, -0.2) is 13.1 Å². The summed E-state index contributed by atoms with van der Waals surface area (Å²) in [6.07, 6.45) is 1.05. The molecule has 0 radical (unpaired) electrons. The number of halogens is 1. The quantitative estimate of drug-likeness (QED) is 0.869. The third-order valence-corrected chi connectivity index (χ3v) is 6.10. The minimum Gasteiger partial charge on any atom is -0.392 e. The Morgan fingerprint density at radius 2 is 2.26 bits per heavy atom. The summed E-state index contributed by atoms with van der Waals surface area (Å²) in [4.78, 5) is 0.139. The summed E-state index contributed by atoms with van der Waals surface area (Å²) in [5, 5.41) is 9.27. The van der Waals surface area contributed by atoms with E-state index in [-0.39, 0.29) is 16.5 Å². The number of nitrogens with one attached hydrogen (secondary N) is 1. The number of rotatable bonds is 5. The maximum absolute atomic E-state index is 12.1. The lowest BCUT2D eigenvalue weighted by atomic mass is 10.1. The number of hydrogen-bond donors (Lipinski definition) is 2. The van der Waals surface area contributed by atoms with E-state index in [0.29, 0.717) is 18.0 Å². The van der Waals surface area contributed by atoms with Gasteiger partial charge in [-0.05, 0) is 41.5 Å². The second-order valence-corrected chi connectivity index (χ2v) is 7.82. The van der Waals surface area contributed by atoms with E-state index >= 15 is 0 Å². The molecule has 0 aliphatic carbocycles. The van der Waals surface area contributed by atoms with Gasteiger partial charge in [0.1, 0.15) is 0 Å². The maximum Gasteiger partial charge on any atom is 0.240 e. The molecule has 1 aliphatic rings. The Morgan fingerprint density at radius 3 is 2.84 bits per heavy atom. The Morgan fingerprint density at radius 1 is 1.47 bits per heavy atom. The van der Waals surface area contributed by atoms with Crippen LogP contribution >= 0.6 is 23.4 Å². The van der Waals surface area contributed by atoms with Crippen molar-refractivity contribution in [3.05, 3.63) is 28.8 Å². The van der Waals surface area contributed by atoms with Gasteiger partial charge in [0.15, 0.2) is 0 Å². The van der Waals surface area contributed by atoms with Gasteiger partial charge in [-0.1, -0.05) is 17.7 Å². The fourth-order valence-electron chi connectivity index (χ4n) is 1.88. The molecule has 0 amide bonds. The smallest absolute Gasteiger partial charge is 0.240 e. The van der Waals surface area contributed by atoms with Crippen molar-refractivity contribution in [1.82, 2.24) is 4.72 Å². The lowest BCUT2D eigenvalue weighted by Gasteiger charge is -2.11. The molecule has 0 aromatic heterocycles. The Bertz CT molecular complexity index is 542. The highest BCUT2D eigenvalue weighted by Crippen LogP contribution is 2.24. The average Bonchev–Trinajstić information content (AvgIpc) is 2.89. The van der Waals surface area contributed by atoms with Gasteiger partial charge in [0.2, 0.25) is 10.0 Å². The van der Waals surface area contributed by atoms with Crippen LogP contribution < -0.4 is 4.72 Å². The molecule has 4 nitrogen and oxygen atoms in total. The molecule has 19 heavy (non-hydrogen) atoms. The molecule has 1 heterocycles. The summed E-state index contributed by atoms with van der Waals surface area (Å²) in [7, 11) is -3.52. The number of aliphatic hydroxyl groups excluding tert-OH is 1. The molecular weight excluding hydrogens is 306 g/mol. The number of benzene rings is 1. The van der Waals surface area contributed by atoms with Crippen LogP contribution in [0.25, 0.3) is 0 Å². The monoisotopic (exact) mass is 321 g/mol. The SMILES string of the molecule is O=S(=O)(NCC1CCSC1)c1ccc(CO)c(Cl)c1. The van der Waals surface area contributed by atoms with Crippen LogP contribution in [0, 0.1) is 5.92 Å². The molecule has 1 aromatic carbocycles. The highest BCUT2D eigenvalue weighted by atomic mass is 35.5. The zero-order chi connectivity index (χ0) is 13.9. The van der Waals surface area contributed by atoms with E-state index in [1.807, 2.05) is 11.8 Å². The second kappa shape index (κ2) is 6.45. The van der Waals surface area contributed by atoms with Crippen LogP contribution in [0.1, 0.15) is 12.0 Å². The minimum atomic E-state index is -3.52. The Hall–Kier alpha value is -0.270. The fraction of sp³-hybridized carbons (Fsp3) is 0.500. The first-order valence-electron chi connectivity index (χ1n) is 5.99. The lowest BCUT2D eigenvalue weighted by Crippen LogP contribution is -2.29. The van der Waals surface area contributed by atoms with Crippen molar-refractivity contribution in [1.29, 1.82) is 0 Å². The number of aliphatic hydroxyl groups is 1. The molecule has 1 unspecified atom stereocenters. The van der Waals surface area contributed by atoms with Crippen molar-refractivity contribution in [2.24, 2.45) is 5.92 Å². The van der Waals surface area contributed by atoms with E-state index in [4.69, 9.17) is 16.7 Å². The molecule has 1 fully saturated rings. The van der Waals surface area contributed by atoms with Crippen LogP contribution in [0.3, 0.4) is 0 Å². The van der Waals surface area contributed by atoms with E-state index in [1.54, 1.807) is 0 Å². The predicted octanol–water partition coefficient (Wildman–Crippen LogP) is 1.86. The zero-order valence-electron chi connectivity index (χ0n) is 10.3. The molecule has 2 rings (SSSR count). The zero-order valence-corrected chi connectivity index (χ0v) is 12.7. The van der Waals surface area contributed by atoms with Crippen LogP contribution in [-0.2, 0) is 16.6 Å². The Kier molecular flexibility index (Phi) is 5.14. The van der Waals surface area contributed by atoms with Crippen molar-refractivity contribution in [2.75, 3.05) is 18.1 Å². The van der Waals surface area contributed by atoms with Gasteiger partial charge >= 0.3 is 0 Å². The normalized spacial score (nSPS) is 19.8. The number of sulfonamides is 1. The van der Waals surface area contributed by atoms with E-state index in [9.17, 15) is 8.42 Å². The van der Waals surface area contributed by atoms with Gasteiger partial charge in [-0.15, -0.1) is 0 Å².